The van der Waals surface area contributed by atoms with Crippen molar-refractivity contribution in [1.29, 1.82) is 0 Å². The van der Waals surface area contributed by atoms with E-state index < -0.39 is 0 Å². The first-order chi connectivity index (χ1) is 9.81. The molecule has 2 aromatic carbocycles. The lowest BCUT2D eigenvalue weighted by Gasteiger charge is -1.98. The van der Waals surface area contributed by atoms with Gasteiger partial charge in [-0.25, -0.2) is 9.78 Å². The maximum absolute atomic E-state index is 12.0. The zero-order valence-corrected chi connectivity index (χ0v) is 10.5. The summed E-state index contributed by atoms with van der Waals surface area (Å²) < 4.78 is 7.29. The van der Waals surface area contributed by atoms with Gasteiger partial charge in [-0.2, -0.15) is 0 Å². The Morgan fingerprint density at radius 1 is 1.10 bits per heavy atom. The van der Waals surface area contributed by atoms with Crippen LogP contribution in [0.3, 0.4) is 0 Å². The molecule has 0 unspecified atom stereocenters. The molecule has 20 heavy (non-hydrogen) atoms. The van der Waals surface area contributed by atoms with Gasteiger partial charge < -0.3 is 9.40 Å². The highest BCUT2D eigenvalue weighted by molar-refractivity contribution is 5.75. The van der Waals surface area contributed by atoms with E-state index in [1.807, 2.05) is 48.5 Å². The number of fused-ring (bicyclic) bond motifs is 2. The number of aromatic amines is 1. The molecule has 0 radical (unpaired) electrons. The number of imidazole rings is 1. The predicted molar refractivity (Wildman–Crippen MR) is 75.7 cm³/mol. The Morgan fingerprint density at radius 2 is 1.90 bits per heavy atom. The Morgan fingerprint density at radius 3 is 2.80 bits per heavy atom. The van der Waals surface area contributed by atoms with Gasteiger partial charge in [0.05, 0.1) is 11.0 Å². The molecule has 0 aliphatic heterocycles. The third kappa shape index (κ3) is 1.64. The summed E-state index contributed by atoms with van der Waals surface area (Å²) in [6, 6.07) is 15.1. The minimum Gasteiger partial charge on any atom is -0.439 e. The van der Waals surface area contributed by atoms with Crippen molar-refractivity contribution in [3.8, 4) is 0 Å². The van der Waals surface area contributed by atoms with Crippen molar-refractivity contribution >= 4 is 22.1 Å². The van der Waals surface area contributed by atoms with E-state index in [-0.39, 0.29) is 5.69 Å². The fraction of sp³-hybridized carbons (Fsp3) is 0.0667. The Labute approximate surface area is 113 Å². The molecule has 5 heteroatoms. The average Bonchev–Trinajstić information content (AvgIpc) is 3.00. The zero-order valence-electron chi connectivity index (χ0n) is 10.5. The van der Waals surface area contributed by atoms with Crippen molar-refractivity contribution in [1.82, 2.24) is 14.5 Å². The summed E-state index contributed by atoms with van der Waals surface area (Å²) in [6.07, 6.45) is 0. The van der Waals surface area contributed by atoms with E-state index in [0.717, 1.165) is 22.1 Å². The number of H-pyrrole nitrogens is 1. The molecule has 0 aliphatic carbocycles. The van der Waals surface area contributed by atoms with Crippen LogP contribution in [-0.4, -0.2) is 14.5 Å². The van der Waals surface area contributed by atoms with Crippen molar-refractivity contribution in [3.05, 3.63) is 64.9 Å². The van der Waals surface area contributed by atoms with E-state index in [2.05, 4.69) is 9.97 Å². The number of nitrogens with one attached hydrogen (secondary N) is 1. The molecule has 1 N–H and O–H groups in total. The number of hydrogen-bond acceptors (Lipinski definition) is 3. The first-order valence-corrected chi connectivity index (χ1v) is 6.33. The van der Waals surface area contributed by atoms with E-state index in [1.54, 1.807) is 4.57 Å². The summed E-state index contributed by atoms with van der Waals surface area (Å²) in [5, 5.41) is 0. The molecule has 0 bridgehead atoms. The Bertz CT molecular complexity index is 929. The molecule has 2 heterocycles. The lowest BCUT2D eigenvalue weighted by atomic mass is 10.3. The fourth-order valence-electron chi connectivity index (χ4n) is 2.39. The summed E-state index contributed by atoms with van der Waals surface area (Å²) in [5.41, 5.74) is 3.03. The Balaban J connectivity index is 1.84. The highest BCUT2D eigenvalue weighted by Crippen LogP contribution is 2.16. The largest absolute Gasteiger partial charge is 0.439 e. The molecule has 5 nitrogen and oxygen atoms in total. The minimum atomic E-state index is -0.159. The van der Waals surface area contributed by atoms with Crippen LogP contribution < -0.4 is 5.69 Å². The zero-order chi connectivity index (χ0) is 13.5. The molecular weight excluding hydrogens is 254 g/mol. The molecule has 0 spiro atoms. The van der Waals surface area contributed by atoms with Gasteiger partial charge in [0.25, 0.3) is 0 Å². The maximum Gasteiger partial charge on any atom is 0.326 e. The number of oxazole rings is 1. The van der Waals surface area contributed by atoms with Gasteiger partial charge in [-0.15, -0.1) is 0 Å². The second-order valence-corrected chi connectivity index (χ2v) is 4.61. The van der Waals surface area contributed by atoms with Crippen molar-refractivity contribution in [2.75, 3.05) is 0 Å². The van der Waals surface area contributed by atoms with Crippen molar-refractivity contribution in [2.24, 2.45) is 0 Å². The number of rotatable bonds is 2. The van der Waals surface area contributed by atoms with E-state index in [1.165, 1.54) is 0 Å². The number of benzene rings is 2. The molecule has 0 fully saturated rings. The van der Waals surface area contributed by atoms with Gasteiger partial charge in [-0.05, 0) is 24.3 Å². The smallest absolute Gasteiger partial charge is 0.326 e. The van der Waals surface area contributed by atoms with Crippen LogP contribution in [-0.2, 0) is 6.54 Å². The molecule has 2 aromatic heterocycles. The minimum absolute atomic E-state index is 0.159. The van der Waals surface area contributed by atoms with Crippen molar-refractivity contribution in [2.45, 2.75) is 6.54 Å². The summed E-state index contributed by atoms with van der Waals surface area (Å²) in [6.45, 7) is 0.317. The topological polar surface area (TPSA) is 63.8 Å². The van der Waals surface area contributed by atoms with E-state index in [4.69, 9.17) is 4.42 Å². The lowest BCUT2D eigenvalue weighted by molar-refractivity contribution is 0.508. The fourth-order valence-corrected chi connectivity index (χ4v) is 2.39. The number of para-hydroxylation sites is 4. The molecule has 0 saturated carbocycles. The summed E-state index contributed by atoms with van der Waals surface area (Å²) in [4.78, 5) is 19.2. The normalized spacial score (nSPS) is 11.4. The number of aromatic nitrogens is 3. The van der Waals surface area contributed by atoms with E-state index in [9.17, 15) is 4.79 Å². The second-order valence-electron chi connectivity index (χ2n) is 4.61. The molecule has 0 atom stereocenters. The van der Waals surface area contributed by atoms with Gasteiger partial charge in [0.2, 0.25) is 5.89 Å². The van der Waals surface area contributed by atoms with Crippen LogP contribution in [0.1, 0.15) is 5.89 Å². The maximum atomic E-state index is 12.0. The predicted octanol–water partition coefficient (Wildman–Crippen LogP) is 2.52. The third-order valence-electron chi connectivity index (χ3n) is 3.31. The first-order valence-electron chi connectivity index (χ1n) is 6.33. The molecule has 4 aromatic rings. The Kier molecular flexibility index (Phi) is 2.26. The quantitative estimate of drug-likeness (QED) is 0.605. The van der Waals surface area contributed by atoms with Crippen LogP contribution >= 0.6 is 0 Å². The molecular formula is C15H11N3O2. The molecule has 0 amide bonds. The van der Waals surface area contributed by atoms with E-state index in [0.29, 0.717) is 12.4 Å². The van der Waals surface area contributed by atoms with Crippen molar-refractivity contribution in [3.63, 3.8) is 0 Å². The van der Waals surface area contributed by atoms with Crippen LogP contribution in [0.2, 0.25) is 0 Å². The van der Waals surface area contributed by atoms with Gasteiger partial charge in [-0.1, -0.05) is 24.3 Å². The highest BCUT2D eigenvalue weighted by Gasteiger charge is 2.10. The van der Waals surface area contributed by atoms with Gasteiger partial charge in [0.1, 0.15) is 12.1 Å². The summed E-state index contributed by atoms with van der Waals surface area (Å²) in [7, 11) is 0. The van der Waals surface area contributed by atoms with Crippen LogP contribution in [0.25, 0.3) is 22.1 Å². The molecule has 4 rings (SSSR count). The number of nitrogens with zero attached hydrogens (tertiary/aromatic N) is 2. The Hall–Kier alpha value is -2.82. The third-order valence-corrected chi connectivity index (χ3v) is 3.31. The summed E-state index contributed by atoms with van der Waals surface area (Å²) >= 11 is 0. The van der Waals surface area contributed by atoms with Crippen molar-refractivity contribution < 1.29 is 4.42 Å². The molecule has 0 aliphatic rings. The van der Waals surface area contributed by atoms with Crippen LogP contribution in [0.15, 0.2) is 57.7 Å². The molecule has 98 valence electrons. The number of hydrogen-bond donors (Lipinski definition) is 1. The lowest BCUT2D eigenvalue weighted by Crippen LogP contribution is -2.17. The van der Waals surface area contributed by atoms with Crippen LogP contribution in [0.5, 0.6) is 0 Å². The van der Waals surface area contributed by atoms with Crippen LogP contribution in [0.4, 0.5) is 0 Å². The SMILES string of the molecule is O=c1[nH]c2ccccc2n1Cc1nc2ccccc2o1. The van der Waals surface area contributed by atoms with Gasteiger partial charge in [0.15, 0.2) is 5.58 Å². The van der Waals surface area contributed by atoms with Gasteiger partial charge >= 0.3 is 5.69 Å². The second kappa shape index (κ2) is 4.09. The first kappa shape index (κ1) is 11.0. The highest BCUT2D eigenvalue weighted by atomic mass is 16.3. The average molecular weight is 265 g/mol. The van der Waals surface area contributed by atoms with Crippen LogP contribution in [0, 0.1) is 0 Å². The van der Waals surface area contributed by atoms with Gasteiger partial charge in [-0.3, -0.25) is 4.57 Å². The standard InChI is InChI=1S/C15H11N3O2/c19-15-17-10-5-1-3-7-12(10)18(15)9-14-16-11-6-2-4-8-13(11)20-14/h1-8H,9H2,(H,17,19). The molecule has 0 saturated heterocycles. The monoisotopic (exact) mass is 265 g/mol. The van der Waals surface area contributed by atoms with E-state index >= 15 is 0 Å². The van der Waals surface area contributed by atoms with Gasteiger partial charge in [0, 0.05) is 0 Å². The summed E-state index contributed by atoms with van der Waals surface area (Å²) in [5.74, 6) is 0.526.